The number of hydrogen-bond acceptors (Lipinski definition) is 6. The number of carbonyl (C=O) groups is 1. The summed E-state index contributed by atoms with van der Waals surface area (Å²) in [5, 5.41) is 1.39. The third-order valence-corrected chi connectivity index (χ3v) is 7.01. The highest BCUT2D eigenvalue weighted by Crippen LogP contribution is 2.33. The van der Waals surface area contributed by atoms with Crippen molar-refractivity contribution in [3.05, 3.63) is 47.5 Å². The molecule has 0 saturated carbocycles. The van der Waals surface area contributed by atoms with Crippen molar-refractivity contribution in [2.45, 2.75) is 23.8 Å². The van der Waals surface area contributed by atoms with E-state index >= 15 is 0 Å². The van der Waals surface area contributed by atoms with Gasteiger partial charge in [0.25, 0.3) is 0 Å². The minimum absolute atomic E-state index is 0.0199. The molecule has 152 valence electrons. The van der Waals surface area contributed by atoms with Crippen LogP contribution >= 0.6 is 34.7 Å². The molecule has 1 aliphatic heterocycles. The third-order valence-electron chi connectivity index (χ3n) is 4.70. The van der Waals surface area contributed by atoms with Gasteiger partial charge in [0.15, 0.2) is 5.13 Å². The minimum Gasteiger partial charge on any atom is -0.497 e. The summed E-state index contributed by atoms with van der Waals surface area (Å²) in [5.41, 5.74) is 0.833. The summed E-state index contributed by atoms with van der Waals surface area (Å²) < 4.78 is 12.1. The number of aromatic nitrogens is 1. The number of thioether (sulfide) groups is 1. The first-order valence-corrected chi connectivity index (χ1v) is 11.6. The molecule has 1 aromatic heterocycles. The molecule has 0 spiro atoms. The van der Waals surface area contributed by atoms with Gasteiger partial charge >= 0.3 is 0 Å². The zero-order valence-electron chi connectivity index (χ0n) is 16.0. The second-order valence-electron chi connectivity index (χ2n) is 6.71. The Balaban J connectivity index is 1.55. The fourth-order valence-electron chi connectivity index (χ4n) is 3.17. The third kappa shape index (κ3) is 5.04. The summed E-state index contributed by atoms with van der Waals surface area (Å²) in [6, 6.07) is 13.3. The van der Waals surface area contributed by atoms with E-state index in [2.05, 4.69) is 0 Å². The summed E-state index contributed by atoms with van der Waals surface area (Å²) in [6.45, 7) is 1.28. The van der Waals surface area contributed by atoms with Crippen molar-refractivity contribution in [3.8, 4) is 5.75 Å². The molecule has 2 heterocycles. The molecular formula is C21H21ClN2O3S2. The van der Waals surface area contributed by atoms with E-state index in [-0.39, 0.29) is 12.0 Å². The highest BCUT2D eigenvalue weighted by Gasteiger charge is 2.26. The topological polar surface area (TPSA) is 51.7 Å². The Morgan fingerprint density at radius 3 is 2.90 bits per heavy atom. The van der Waals surface area contributed by atoms with Crippen LogP contribution in [0.25, 0.3) is 10.2 Å². The van der Waals surface area contributed by atoms with E-state index < -0.39 is 0 Å². The van der Waals surface area contributed by atoms with Crippen LogP contribution in [0.1, 0.15) is 12.8 Å². The Bertz CT molecular complexity index is 987. The van der Waals surface area contributed by atoms with Gasteiger partial charge in [0, 0.05) is 22.6 Å². The largest absolute Gasteiger partial charge is 0.497 e. The van der Waals surface area contributed by atoms with E-state index in [0.717, 1.165) is 40.3 Å². The summed E-state index contributed by atoms with van der Waals surface area (Å²) >= 11 is 8.96. The number of rotatable bonds is 7. The van der Waals surface area contributed by atoms with Crippen LogP contribution in [0.3, 0.4) is 0 Å². The number of halogens is 1. The lowest BCUT2D eigenvalue weighted by Gasteiger charge is -2.23. The molecule has 0 aliphatic carbocycles. The van der Waals surface area contributed by atoms with E-state index in [1.165, 1.54) is 23.1 Å². The normalized spacial score (nSPS) is 16.3. The fourth-order valence-corrected chi connectivity index (χ4v) is 5.04. The summed E-state index contributed by atoms with van der Waals surface area (Å²) in [6.07, 6.45) is 2.05. The fraction of sp³-hybridized carbons (Fsp3) is 0.333. The van der Waals surface area contributed by atoms with E-state index in [4.69, 9.17) is 26.1 Å². The van der Waals surface area contributed by atoms with Gasteiger partial charge in [-0.15, -0.1) is 11.8 Å². The molecule has 0 radical (unpaired) electrons. The molecule has 1 fully saturated rings. The van der Waals surface area contributed by atoms with Gasteiger partial charge in [-0.3, -0.25) is 9.69 Å². The molecule has 2 aromatic carbocycles. The zero-order chi connectivity index (χ0) is 20.2. The highest BCUT2D eigenvalue weighted by molar-refractivity contribution is 8.00. The number of nitrogens with zero attached hydrogens (tertiary/aromatic N) is 2. The monoisotopic (exact) mass is 448 g/mol. The van der Waals surface area contributed by atoms with Gasteiger partial charge in [0.1, 0.15) is 5.75 Å². The number of ether oxygens (including phenoxy) is 2. The van der Waals surface area contributed by atoms with Crippen molar-refractivity contribution in [3.63, 3.8) is 0 Å². The molecule has 3 aromatic rings. The molecule has 0 N–H and O–H groups in total. The molecule has 1 unspecified atom stereocenters. The number of thiazole rings is 1. The molecule has 29 heavy (non-hydrogen) atoms. The van der Waals surface area contributed by atoms with Crippen LogP contribution < -0.4 is 9.64 Å². The number of carbonyl (C=O) groups excluding carboxylic acids is 1. The molecule has 1 atom stereocenters. The average molecular weight is 449 g/mol. The zero-order valence-corrected chi connectivity index (χ0v) is 18.4. The quantitative estimate of drug-likeness (QED) is 0.461. The van der Waals surface area contributed by atoms with Crippen LogP contribution in [0.5, 0.6) is 5.75 Å². The average Bonchev–Trinajstić information content (AvgIpc) is 3.40. The van der Waals surface area contributed by atoms with E-state index in [0.29, 0.717) is 22.5 Å². The molecule has 4 rings (SSSR count). The van der Waals surface area contributed by atoms with Gasteiger partial charge < -0.3 is 9.47 Å². The van der Waals surface area contributed by atoms with Gasteiger partial charge in [-0.25, -0.2) is 4.98 Å². The Labute approximate surface area is 183 Å². The molecule has 1 amide bonds. The Morgan fingerprint density at radius 1 is 1.34 bits per heavy atom. The first kappa shape index (κ1) is 20.5. The molecule has 1 aliphatic rings. The van der Waals surface area contributed by atoms with Crippen molar-refractivity contribution in [1.29, 1.82) is 0 Å². The van der Waals surface area contributed by atoms with E-state index in [9.17, 15) is 4.79 Å². The summed E-state index contributed by atoms with van der Waals surface area (Å²) in [5.74, 6) is 1.10. The maximum Gasteiger partial charge on any atom is 0.239 e. The second-order valence-corrected chi connectivity index (χ2v) is 9.21. The Hall–Kier alpha value is -1.80. The number of hydrogen-bond donors (Lipinski definition) is 0. The molecule has 0 bridgehead atoms. The molecule has 5 nitrogen and oxygen atoms in total. The molecular weight excluding hydrogens is 428 g/mol. The van der Waals surface area contributed by atoms with Crippen LogP contribution in [0.4, 0.5) is 5.13 Å². The van der Waals surface area contributed by atoms with Gasteiger partial charge in [-0.05, 0) is 49.2 Å². The van der Waals surface area contributed by atoms with Crippen molar-refractivity contribution in [1.82, 2.24) is 4.98 Å². The van der Waals surface area contributed by atoms with E-state index in [1.807, 2.05) is 42.5 Å². The van der Waals surface area contributed by atoms with Gasteiger partial charge in [0.2, 0.25) is 5.91 Å². The lowest BCUT2D eigenvalue weighted by Crippen LogP contribution is -2.38. The van der Waals surface area contributed by atoms with Crippen LogP contribution in [-0.4, -0.2) is 43.0 Å². The standard InChI is InChI=1S/C21H21ClN2O3S2/c1-26-15-6-9-19-18(11-15)23-21(29-19)24(12-16-3-2-10-27-16)20(25)13-28-17-7-4-14(22)5-8-17/h4-9,11,16H,2-3,10,12-13H2,1H3. The molecule has 8 heteroatoms. The number of methoxy groups -OCH3 is 1. The highest BCUT2D eigenvalue weighted by atomic mass is 35.5. The predicted octanol–water partition coefficient (Wildman–Crippen LogP) is 5.26. The minimum atomic E-state index is 0.0199. The first-order chi connectivity index (χ1) is 14.1. The smallest absolute Gasteiger partial charge is 0.239 e. The van der Waals surface area contributed by atoms with Gasteiger partial charge in [-0.2, -0.15) is 0 Å². The van der Waals surface area contributed by atoms with Crippen molar-refractivity contribution < 1.29 is 14.3 Å². The number of benzene rings is 2. The Kier molecular flexibility index (Phi) is 6.60. The molecule has 1 saturated heterocycles. The van der Waals surface area contributed by atoms with Crippen LogP contribution in [0, 0.1) is 0 Å². The Morgan fingerprint density at radius 2 is 2.17 bits per heavy atom. The summed E-state index contributed by atoms with van der Waals surface area (Å²) in [4.78, 5) is 20.6. The van der Waals surface area contributed by atoms with Crippen molar-refractivity contribution >= 4 is 56.0 Å². The maximum atomic E-state index is 13.1. The lowest BCUT2D eigenvalue weighted by molar-refractivity contribution is -0.116. The van der Waals surface area contributed by atoms with Crippen LogP contribution in [0.15, 0.2) is 47.4 Å². The SMILES string of the molecule is COc1ccc2sc(N(CC3CCCO3)C(=O)CSc3ccc(Cl)cc3)nc2c1. The number of anilines is 1. The van der Waals surface area contributed by atoms with Gasteiger partial charge in [-0.1, -0.05) is 22.9 Å². The number of amides is 1. The maximum absolute atomic E-state index is 13.1. The van der Waals surface area contributed by atoms with Crippen molar-refractivity contribution in [2.75, 3.05) is 30.9 Å². The first-order valence-electron chi connectivity index (χ1n) is 9.37. The second kappa shape index (κ2) is 9.34. The van der Waals surface area contributed by atoms with Gasteiger partial charge in [0.05, 0.1) is 35.7 Å². The van der Waals surface area contributed by atoms with E-state index in [1.54, 1.807) is 12.0 Å². The lowest BCUT2D eigenvalue weighted by atomic mass is 10.2. The number of fused-ring (bicyclic) bond motifs is 1. The van der Waals surface area contributed by atoms with Crippen LogP contribution in [-0.2, 0) is 9.53 Å². The van der Waals surface area contributed by atoms with Crippen molar-refractivity contribution in [2.24, 2.45) is 0 Å². The van der Waals surface area contributed by atoms with Crippen LogP contribution in [0.2, 0.25) is 5.02 Å². The summed E-state index contributed by atoms with van der Waals surface area (Å²) in [7, 11) is 1.63. The predicted molar refractivity (Wildman–Crippen MR) is 120 cm³/mol.